The zero-order valence-electron chi connectivity index (χ0n) is 13.4. The number of primary amides is 1. The van der Waals surface area contributed by atoms with Gasteiger partial charge in [-0.05, 0) is 36.4 Å². The van der Waals surface area contributed by atoms with Crippen LogP contribution >= 0.6 is 0 Å². The van der Waals surface area contributed by atoms with Crippen molar-refractivity contribution in [3.8, 4) is 5.75 Å². The molecule has 1 heterocycles. The average molecular weight is 335 g/mol. The molecule has 6 nitrogen and oxygen atoms in total. The van der Waals surface area contributed by atoms with E-state index < -0.39 is 5.91 Å². The number of nitrogens with zero attached hydrogens (tertiary/aromatic N) is 1. The topological polar surface area (TPSA) is 94.3 Å². The first-order valence-electron chi connectivity index (χ1n) is 7.80. The van der Waals surface area contributed by atoms with E-state index in [0.29, 0.717) is 22.5 Å². The maximum atomic E-state index is 12.5. The van der Waals surface area contributed by atoms with E-state index in [4.69, 9.17) is 10.5 Å². The first-order valence-corrected chi connectivity index (χ1v) is 7.80. The van der Waals surface area contributed by atoms with Gasteiger partial charge >= 0.3 is 0 Å². The number of ether oxygens (including phenoxy) is 1. The number of carbonyl (C=O) groups is 2. The Hall–Kier alpha value is -3.41. The van der Waals surface area contributed by atoms with Crippen LogP contribution in [0.3, 0.4) is 0 Å². The molecule has 3 aromatic rings. The molecular weight excluding hydrogens is 318 g/mol. The van der Waals surface area contributed by atoms with E-state index in [9.17, 15) is 9.59 Å². The maximum absolute atomic E-state index is 12.5. The van der Waals surface area contributed by atoms with Gasteiger partial charge in [0.15, 0.2) is 0 Å². The van der Waals surface area contributed by atoms with Gasteiger partial charge in [-0.25, -0.2) is 0 Å². The molecule has 2 aromatic carbocycles. The predicted molar refractivity (Wildman–Crippen MR) is 95.4 cm³/mol. The number of nitrogens with two attached hydrogens (primary N) is 1. The largest absolute Gasteiger partial charge is 0.493 e. The van der Waals surface area contributed by atoms with Crippen molar-refractivity contribution in [2.75, 3.05) is 11.9 Å². The number of para-hydroxylation sites is 1. The van der Waals surface area contributed by atoms with E-state index in [1.54, 1.807) is 36.5 Å². The molecule has 0 atom stereocenters. The normalized spacial score (nSPS) is 10.4. The number of fused-ring (bicyclic) bond motifs is 1. The summed E-state index contributed by atoms with van der Waals surface area (Å²) in [4.78, 5) is 27.5. The molecule has 0 aliphatic heterocycles. The molecule has 0 radical (unpaired) electrons. The van der Waals surface area contributed by atoms with Crippen LogP contribution in [0.15, 0.2) is 60.8 Å². The highest BCUT2D eigenvalue weighted by atomic mass is 16.5. The van der Waals surface area contributed by atoms with Gasteiger partial charge in [-0.3, -0.25) is 14.6 Å². The van der Waals surface area contributed by atoms with E-state index in [2.05, 4.69) is 10.3 Å². The zero-order chi connectivity index (χ0) is 17.6. The fourth-order valence-corrected chi connectivity index (χ4v) is 2.39. The summed E-state index contributed by atoms with van der Waals surface area (Å²) in [5, 5.41) is 3.75. The van der Waals surface area contributed by atoms with Crippen LogP contribution < -0.4 is 15.8 Å². The third-order valence-corrected chi connectivity index (χ3v) is 3.61. The van der Waals surface area contributed by atoms with Crippen molar-refractivity contribution in [1.29, 1.82) is 0 Å². The van der Waals surface area contributed by atoms with Crippen molar-refractivity contribution in [1.82, 2.24) is 4.98 Å². The Bertz CT molecular complexity index is 902. The van der Waals surface area contributed by atoms with Crippen LogP contribution in [0.4, 0.5) is 5.69 Å². The number of rotatable bonds is 6. The first kappa shape index (κ1) is 16.4. The second-order valence-corrected chi connectivity index (χ2v) is 5.42. The highest BCUT2D eigenvalue weighted by Gasteiger charge is 2.11. The second-order valence-electron chi connectivity index (χ2n) is 5.42. The molecule has 0 bridgehead atoms. The summed E-state index contributed by atoms with van der Waals surface area (Å²) in [7, 11) is 0. The van der Waals surface area contributed by atoms with E-state index in [-0.39, 0.29) is 18.9 Å². The minimum absolute atomic E-state index is 0.159. The number of anilines is 1. The monoisotopic (exact) mass is 335 g/mol. The lowest BCUT2D eigenvalue weighted by Gasteiger charge is -2.09. The van der Waals surface area contributed by atoms with Gasteiger partial charge in [0.2, 0.25) is 5.91 Å². The number of benzene rings is 2. The lowest BCUT2D eigenvalue weighted by atomic mass is 10.1. The molecule has 0 saturated heterocycles. The predicted octanol–water partition coefficient (Wildman–Crippen LogP) is 2.74. The van der Waals surface area contributed by atoms with Crippen LogP contribution in [-0.2, 0) is 4.79 Å². The summed E-state index contributed by atoms with van der Waals surface area (Å²) in [6.07, 6.45) is 1.82. The Morgan fingerprint density at radius 1 is 1.04 bits per heavy atom. The second kappa shape index (κ2) is 7.44. The summed E-state index contributed by atoms with van der Waals surface area (Å²) in [5.41, 5.74) is 6.87. The Balaban J connectivity index is 1.69. The van der Waals surface area contributed by atoms with E-state index >= 15 is 0 Å². The van der Waals surface area contributed by atoms with Gasteiger partial charge in [-0.15, -0.1) is 0 Å². The fraction of sp³-hybridized carbons (Fsp3) is 0.105. The minimum Gasteiger partial charge on any atom is -0.493 e. The number of amides is 2. The Kier molecular flexibility index (Phi) is 4.89. The van der Waals surface area contributed by atoms with E-state index in [1.807, 2.05) is 24.3 Å². The smallest absolute Gasteiger partial charge is 0.257 e. The molecule has 0 spiro atoms. The quantitative estimate of drug-likeness (QED) is 0.724. The van der Waals surface area contributed by atoms with Gasteiger partial charge in [0.25, 0.3) is 5.91 Å². The van der Waals surface area contributed by atoms with Crippen LogP contribution in [0.2, 0.25) is 0 Å². The lowest BCUT2D eigenvalue weighted by Crippen LogP contribution is -2.14. The molecular formula is C19H17N3O3. The number of carbonyl (C=O) groups excluding carboxylic acids is 2. The average Bonchev–Trinajstić information content (AvgIpc) is 2.62. The zero-order valence-corrected chi connectivity index (χ0v) is 13.4. The molecule has 3 rings (SSSR count). The van der Waals surface area contributed by atoms with Crippen molar-refractivity contribution >= 4 is 28.4 Å². The van der Waals surface area contributed by atoms with Crippen LogP contribution in [0.5, 0.6) is 5.75 Å². The van der Waals surface area contributed by atoms with Crippen molar-refractivity contribution < 1.29 is 14.3 Å². The van der Waals surface area contributed by atoms with Crippen LogP contribution in [0, 0.1) is 0 Å². The summed E-state index contributed by atoms with van der Waals surface area (Å²) in [5.74, 6) is -0.0367. The maximum Gasteiger partial charge on any atom is 0.257 e. The minimum atomic E-state index is -0.410. The van der Waals surface area contributed by atoms with Gasteiger partial charge in [0.1, 0.15) is 5.75 Å². The van der Waals surface area contributed by atoms with Crippen molar-refractivity contribution in [3.05, 3.63) is 66.4 Å². The van der Waals surface area contributed by atoms with Crippen molar-refractivity contribution in [2.24, 2.45) is 5.73 Å². The molecule has 0 saturated carbocycles. The van der Waals surface area contributed by atoms with Crippen molar-refractivity contribution in [3.63, 3.8) is 0 Å². The first-order chi connectivity index (χ1) is 12.1. The molecule has 0 unspecified atom stereocenters. The molecule has 126 valence electrons. The molecule has 2 amide bonds. The number of hydrogen-bond donors (Lipinski definition) is 2. The highest BCUT2D eigenvalue weighted by Crippen LogP contribution is 2.19. The molecule has 0 aliphatic rings. The number of pyridine rings is 1. The molecule has 0 fully saturated rings. The van der Waals surface area contributed by atoms with Crippen LogP contribution in [0.25, 0.3) is 10.9 Å². The van der Waals surface area contributed by atoms with Gasteiger partial charge in [0.05, 0.1) is 24.1 Å². The summed E-state index contributed by atoms with van der Waals surface area (Å²) in [6, 6.07) is 16.1. The van der Waals surface area contributed by atoms with Crippen molar-refractivity contribution in [2.45, 2.75) is 6.42 Å². The SMILES string of the molecule is NC(=O)CCOc1ccc(NC(=O)c2cccc3cccnc23)cc1. The molecule has 1 aromatic heterocycles. The molecule has 25 heavy (non-hydrogen) atoms. The highest BCUT2D eigenvalue weighted by molar-refractivity contribution is 6.11. The van der Waals surface area contributed by atoms with E-state index in [0.717, 1.165) is 5.39 Å². The number of hydrogen-bond acceptors (Lipinski definition) is 4. The van der Waals surface area contributed by atoms with E-state index in [1.165, 1.54) is 0 Å². The Morgan fingerprint density at radius 2 is 1.80 bits per heavy atom. The lowest BCUT2D eigenvalue weighted by molar-refractivity contribution is -0.118. The summed E-state index contributed by atoms with van der Waals surface area (Å²) < 4.78 is 5.40. The molecule has 6 heteroatoms. The summed E-state index contributed by atoms with van der Waals surface area (Å²) >= 11 is 0. The molecule has 3 N–H and O–H groups in total. The van der Waals surface area contributed by atoms with Gasteiger partial charge < -0.3 is 15.8 Å². The Morgan fingerprint density at radius 3 is 2.56 bits per heavy atom. The number of nitrogens with one attached hydrogen (secondary N) is 1. The van der Waals surface area contributed by atoms with Crippen LogP contribution in [-0.4, -0.2) is 23.4 Å². The van der Waals surface area contributed by atoms with Crippen LogP contribution in [0.1, 0.15) is 16.8 Å². The standard InChI is InChI=1S/C19H17N3O3/c20-17(23)10-12-25-15-8-6-14(7-9-15)22-19(24)16-5-1-3-13-4-2-11-21-18(13)16/h1-9,11H,10,12H2,(H2,20,23)(H,22,24). The van der Waals surface area contributed by atoms with Gasteiger partial charge in [0, 0.05) is 17.3 Å². The third-order valence-electron chi connectivity index (χ3n) is 3.61. The van der Waals surface area contributed by atoms with Gasteiger partial charge in [-0.1, -0.05) is 18.2 Å². The Labute approximate surface area is 144 Å². The fourth-order valence-electron chi connectivity index (χ4n) is 2.39. The van der Waals surface area contributed by atoms with Gasteiger partial charge in [-0.2, -0.15) is 0 Å². The third kappa shape index (κ3) is 4.11. The number of aromatic nitrogens is 1. The molecule has 0 aliphatic carbocycles. The summed E-state index contributed by atoms with van der Waals surface area (Å²) in [6.45, 7) is 0.225.